The van der Waals surface area contributed by atoms with Crippen LogP contribution in [-0.2, 0) is 4.79 Å². The van der Waals surface area contributed by atoms with Gasteiger partial charge in [0.05, 0.1) is 12.0 Å². The van der Waals surface area contributed by atoms with Crippen LogP contribution in [-0.4, -0.2) is 22.8 Å². The van der Waals surface area contributed by atoms with Crippen molar-refractivity contribution in [1.29, 1.82) is 0 Å². The molecule has 0 aliphatic rings. The van der Waals surface area contributed by atoms with E-state index in [1.54, 1.807) is 6.92 Å². The molecule has 0 fully saturated rings. The Morgan fingerprint density at radius 2 is 1.52 bits per heavy atom. The molecule has 0 amide bonds. The summed E-state index contributed by atoms with van der Waals surface area (Å²) in [4.78, 5) is 11.4. The lowest BCUT2D eigenvalue weighted by molar-refractivity contribution is -0.150. The summed E-state index contributed by atoms with van der Waals surface area (Å²) in [6.07, 6.45) is 21.0. The molecule has 0 rings (SSSR count). The predicted molar refractivity (Wildman–Crippen MR) is 143 cm³/mol. The third-order valence-corrected chi connectivity index (χ3v) is 6.54. The highest BCUT2D eigenvalue weighted by atomic mass is 16.4. The molecule has 0 aliphatic heterocycles. The van der Waals surface area contributed by atoms with Gasteiger partial charge in [-0.2, -0.15) is 0 Å². The van der Waals surface area contributed by atoms with Gasteiger partial charge in [0.1, 0.15) is 0 Å². The molecule has 3 nitrogen and oxygen atoms in total. The van der Waals surface area contributed by atoms with Crippen LogP contribution in [0.4, 0.5) is 0 Å². The average Bonchev–Trinajstić information content (AvgIpc) is 2.72. The molecule has 0 aromatic rings. The second kappa shape index (κ2) is 16.9. The van der Waals surface area contributed by atoms with Gasteiger partial charge in [0.2, 0.25) is 0 Å². The average molecular weight is 461 g/mol. The third-order valence-electron chi connectivity index (χ3n) is 6.54. The van der Waals surface area contributed by atoms with Gasteiger partial charge >= 0.3 is 5.97 Å². The Hall–Kier alpha value is -1.61. The zero-order valence-corrected chi connectivity index (χ0v) is 22.7. The normalized spacial score (nSPS) is 18.9. The lowest BCUT2D eigenvalue weighted by Crippen LogP contribution is -2.31. The molecule has 0 aliphatic carbocycles. The van der Waals surface area contributed by atoms with Crippen molar-refractivity contribution in [2.45, 2.75) is 100 Å². The number of carboxylic acids is 1. The SMILES string of the molecule is CCC(C)CC/C=C(\C)CC(C)/C=C/CC(C)/C=C/CC(C)/C=C(\C)CC(C)(CO)C(=O)O. The Morgan fingerprint density at radius 3 is 2.06 bits per heavy atom. The van der Waals surface area contributed by atoms with Crippen LogP contribution in [0.5, 0.6) is 0 Å². The number of carbonyl (C=O) groups is 1. The topological polar surface area (TPSA) is 57.5 Å². The first-order valence-corrected chi connectivity index (χ1v) is 12.9. The van der Waals surface area contributed by atoms with E-state index in [4.69, 9.17) is 0 Å². The van der Waals surface area contributed by atoms with Crippen molar-refractivity contribution in [3.8, 4) is 0 Å². The van der Waals surface area contributed by atoms with Crippen molar-refractivity contribution in [3.63, 3.8) is 0 Å². The van der Waals surface area contributed by atoms with Crippen LogP contribution in [0.1, 0.15) is 100 Å². The van der Waals surface area contributed by atoms with Gasteiger partial charge in [-0.1, -0.05) is 88.6 Å². The minimum absolute atomic E-state index is 0.343. The molecule has 5 atom stereocenters. The number of aliphatic carboxylic acids is 1. The largest absolute Gasteiger partial charge is 0.481 e. The zero-order valence-electron chi connectivity index (χ0n) is 22.7. The quantitative estimate of drug-likeness (QED) is 0.214. The van der Waals surface area contributed by atoms with Gasteiger partial charge in [-0.3, -0.25) is 4.79 Å². The molecule has 33 heavy (non-hydrogen) atoms. The van der Waals surface area contributed by atoms with Crippen LogP contribution in [0.2, 0.25) is 0 Å². The molecular weight excluding hydrogens is 408 g/mol. The third kappa shape index (κ3) is 15.0. The van der Waals surface area contributed by atoms with Crippen LogP contribution in [0.15, 0.2) is 47.6 Å². The summed E-state index contributed by atoms with van der Waals surface area (Å²) >= 11 is 0. The minimum atomic E-state index is -1.10. The Balaban J connectivity index is 4.41. The molecule has 0 aromatic carbocycles. The molecule has 0 heterocycles. The van der Waals surface area contributed by atoms with Crippen molar-refractivity contribution in [3.05, 3.63) is 47.6 Å². The van der Waals surface area contributed by atoms with E-state index in [0.717, 1.165) is 30.8 Å². The second-order valence-electron chi connectivity index (χ2n) is 10.8. The fourth-order valence-corrected chi connectivity index (χ4v) is 4.03. The van der Waals surface area contributed by atoms with Gasteiger partial charge in [0.15, 0.2) is 0 Å². The van der Waals surface area contributed by atoms with Crippen molar-refractivity contribution in [2.75, 3.05) is 6.61 Å². The number of aliphatic hydroxyl groups is 1. The van der Waals surface area contributed by atoms with Gasteiger partial charge in [0, 0.05) is 0 Å². The highest BCUT2D eigenvalue weighted by Crippen LogP contribution is 2.27. The molecule has 0 radical (unpaired) electrons. The first-order chi connectivity index (χ1) is 15.4. The molecule has 5 unspecified atom stereocenters. The maximum Gasteiger partial charge on any atom is 0.312 e. The second-order valence-corrected chi connectivity index (χ2v) is 10.8. The van der Waals surface area contributed by atoms with E-state index >= 15 is 0 Å². The summed E-state index contributed by atoms with van der Waals surface area (Å²) in [7, 11) is 0. The molecule has 3 heteroatoms. The number of hydrogen-bond donors (Lipinski definition) is 2. The van der Waals surface area contributed by atoms with E-state index in [9.17, 15) is 15.0 Å². The van der Waals surface area contributed by atoms with Crippen molar-refractivity contribution in [2.24, 2.45) is 29.1 Å². The molecule has 0 aromatic heterocycles. The predicted octanol–water partition coefficient (Wildman–Crippen LogP) is 8.37. The van der Waals surface area contributed by atoms with Gasteiger partial charge in [-0.05, 0) is 83.0 Å². The van der Waals surface area contributed by atoms with E-state index in [0.29, 0.717) is 24.2 Å². The Bertz CT molecular complexity index is 670. The van der Waals surface area contributed by atoms with Crippen LogP contribution >= 0.6 is 0 Å². The number of hydrogen-bond acceptors (Lipinski definition) is 2. The van der Waals surface area contributed by atoms with Gasteiger partial charge < -0.3 is 10.2 Å². The Labute approximate surface area is 204 Å². The zero-order chi connectivity index (χ0) is 25.4. The van der Waals surface area contributed by atoms with Crippen LogP contribution in [0.25, 0.3) is 0 Å². The summed E-state index contributed by atoms with van der Waals surface area (Å²) in [5.41, 5.74) is 1.42. The van der Waals surface area contributed by atoms with E-state index in [2.05, 4.69) is 78.0 Å². The maximum atomic E-state index is 11.4. The van der Waals surface area contributed by atoms with Crippen LogP contribution in [0, 0.1) is 29.1 Å². The number of allylic oxidation sites excluding steroid dienone is 8. The standard InChI is InChI=1S/C30H52O3/c1-9-23(2)13-10-16-25(4)19-26(5)17-11-14-24(3)15-12-18-27(6)20-28(7)21-30(8,22-31)29(32)33/h11-12,15-17,20,23-24,26-27,31H,9-10,13-14,18-19,21-22H2,1-8H3,(H,32,33)/b15-12+,17-11+,25-16+,28-20+. The first-order valence-electron chi connectivity index (χ1n) is 12.9. The number of aliphatic hydroxyl groups excluding tert-OH is 1. The summed E-state index contributed by atoms with van der Waals surface area (Å²) in [6.45, 7) is 16.8. The molecular formula is C30H52O3. The Morgan fingerprint density at radius 1 is 0.939 bits per heavy atom. The summed E-state index contributed by atoms with van der Waals surface area (Å²) in [6, 6.07) is 0. The smallest absolute Gasteiger partial charge is 0.312 e. The molecule has 0 saturated carbocycles. The van der Waals surface area contributed by atoms with E-state index in [1.807, 2.05) is 6.92 Å². The maximum absolute atomic E-state index is 11.4. The molecule has 0 saturated heterocycles. The first kappa shape index (κ1) is 31.4. The lowest BCUT2D eigenvalue weighted by atomic mass is 9.84. The van der Waals surface area contributed by atoms with Crippen molar-refractivity contribution in [1.82, 2.24) is 0 Å². The highest BCUT2D eigenvalue weighted by Gasteiger charge is 2.32. The Kier molecular flexibility index (Phi) is 16.1. The molecule has 2 N–H and O–H groups in total. The van der Waals surface area contributed by atoms with Gasteiger partial charge in [-0.15, -0.1) is 0 Å². The van der Waals surface area contributed by atoms with E-state index in [-0.39, 0.29) is 6.61 Å². The van der Waals surface area contributed by atoms with E-state index in [1.165, 1.54) is 24.8 Å². The molecule has 0 bridgehead atoms. The summed E-state index contributed by atoms with van der Waals surface area (Å²) < 4.78 is 0. The van der Waals surface area contributed by atoms with Crippen molar-refractivity contribution >= 4 is 5.97 Å². The number of carboxylic acid groups (broad SMARTS) is 1. The fraction of sp³-hybridized carbons (Fsp3) is 0.700. The molecule has 0 spiro atoms. The van der Waals surface area contributed by atoms with Crippen LogP contribution < -0.4 is 0 Å². The van der Waals surface area contributed by atoms with E-state index < -0.39 is 11.4 Å². The summed E-state index contributed by atoms with van der Waals surface area (Å²) in [5.74, 6) is 1.29. The monoisotopic (exact) mass is 460 g/mol. The lowest BCUT2D eigenvalue weighted by Gasteiger charge is -2.22. The minimum Gasteiger partial charge on any atom is -0.481 e. The molecule has 190 valence electrons. The van der Waals surface area contributed by atoms with Crippen LogP contribution in [0.3, 0.4) is 0 Å². The van der Waals surface area contributed by atoms with Crippen molar-refractivity contribution < 1.29 is 15.0 Å². The van der Waals surface area contributed by atoms with Gasteiger partial charge in [0.25, 0.3) is 0 Å². The van der Waals surface area contributed by atoms with Gasteiger partial charge in [-0.25, -0.2) is 0 Å². The summed E-state index contributed by atoms with van der Waals surface area (Å²) in [5, 5.41) is 18.7. The highest BCUT2D eigenvalue weighted by molar-refractivity contribution is 5.74. The number of rotatable bonds is 17. The fourth-order valence-electron chi connectivity index (χ4n) is 4.03.